The van der Waals surface area contributed by atoms with Gasteiger partial charge < -0.3 is 0 Å². The summed E-state index contributed by atoms with van der Waals surface area (Å²) < 4.78 is 24.7. The van der Waals surface area contributed by atoms with Crippen LogP contribution in [-0.2, 0) is 10.0 Å². The Bertz CT molecular complexity index is 557. The summed E-state index contributed by atoms with van der Waals surface area (Å²) >= 11 is 0. The molecule has 2 rings (SSSR count). The van der Waals surface area contributed by atoms with Crippen LogP contribution >= 0.6 is 0 Å². The van der Waals surface area contributed by atoms with Crippen LogP contribution in [0.1, 0.15) is 30.4 Å². The molecule has 1 saturated heterocycles. The standard InChI is InChI=1S/C15H24N2O2S/c1-12-6-4-5-7-15(12)14-10-13(2)17(11-14)9-8-16-20(3,18)19/h4-7,13-14,16H,8-11H2,1-3H3/t13-,14+/m0/s1. The molecule has 0 aromatic heterocycles. The predicted molar refractivity (Wildman–Crippen MR) is 82.4 cm³/mol. The predicted octanol–water partition coefficient (Wildman–Crippen LogP) is 1.72. The van der Waals surface area contributed by atoms with Crippen LogP contribution in [0.2, 0.25) is 0 Å². The monoisotopic (exact) mass is 296 g/mol. The number of aryl methyl sites for hydroxylation is 1. The van der Waals surface area contributed by atoms with Crippen LogP contribution in [0.3, 0.4) is 0 Å². The first-order valence-electron chi connectivity index (χ1n) is 7.11. The van der Waals surface area contributed by atoms with Gasteiger partial charge in [0.2, 0.25) is 10.0 Å². The largest absolute Gasteiger partial charge is 0.299 e. The summed E-state index contributed by atoms with van der Waals surface area (Å²) in [7, 11) is -3.08. The van der Waals surface area contributed by atoms with Crippen molar-refractivity contribution in [2.75, 3.05) is 25.9 Å². The van der Waals surface area contributed by atoms with Gasteiger partial charge >= 0.3 is 0 Å². The van der Waals surface area contributed by atoms with E-state index in [4.69, 9.17) is 0 Å². The zero-order valence-electron chi connectivity index (χ0n) is 12.5. The zero-order chi connectivity index (χ0) is 14.8. The van der Waals surface area contributed by atoms with Crippen molar-refractivity contribution in [2.24, 2.45) is 0 Å². The van der Waals surface area contributed by atoms with Gasteiger partial charge in [-0.15, -0.1) is 0 Å². The van der Waals surface area contributed by atoms with E-state index in [-0.39, 0.29) is 0 Å². The Labute approximate surface area is 122 Å². The van der Waals surface area contributed by atoms with Crippen LogP contribution in [0, 0.1) is 6.92 Å². The quantitative estimate of drug-likeness (QED) is 0.900. The molecule has 1 heterocycles. The fraction of sp³-hybridized carbons (Fsp3) is 0.600. The van der Waals surface area contributed by atoms with Crippen molar-refractivity contribution in [1.29, 1.82) is 0 Å². The Morgan fingerprint density at radius 2 is 2.05 bits per heavy atom. The maximum absolute atomic E-state index is 11.1. The average Bonchev–Trinajstić information content (AvgIpc) is 2.70. The first-order valence-corrected chi connectivity index (χ1v) is 9.00. The highest BCUT2D eigenvalue weighted by Crippen LogP contribution is 2.32. The number of benzene rings is 1. The van der Waals surface area contributed by atoms with Crippen molar-refractivity contribution in [1.82, 2.24) is 9.62 Å². The molecule has 0 spiro atoms. The summed E-state index contributed by atoms with van der Waals surface area (Å²) in [4.78, 5) is 2.37. The summed E-state index contributed by atoms with van der Waals surface area (Å²) in [5.41, 5.74) is 2.78. The molecule has 0 saturated carbocycles. The van der Waals surface area contributed by atoms with Crippen LogP contribution < -0.4 is 4.72 Å². The summed E-state index contributed by atoms with van der Waals surface area (Å²) in [5.74, 6) is 0.560. The highest BCUT2D eigenvalue weighted by molar-refractivity contribution is 7.88. The topological polar surface area (TPSA) is 49.4 Å². The van der Waals surface area contributed by atoms with Crippen molar-refractivity contribution in [3.05, 3.63) is 35.4 Å². The summed E-state index contributed by atoms with van der Waals surface area (Å²) in [6.45, 7) is 6.66. The lowest BCUT2D eigenvalue weighted by Crippen LogP contribution is -2.36. The summed E-state index contributed by atoms with van der Waals surface area (Å²) in [6.07, 6.45) is 2.35. The van der Waals surface area contributed by atoms with Gasteiger partial charge in [-0.05, 0) is 37.3 Å². The molecule has 2 atom stereocenters. The van der Waals surface area contributed by atoms with Crippen molar-refractivity contribution in [3.63, 3.8) is 0 Å². The fourth-order valence-electron chi connectivity index (χ4n) is 3.05. The second kappa shape index (κ2) is 6.24. The van der Waals surface area contributed by atoms with Gasteiger partial charge in [0.1, 0.15) is 0 Å². The van der Waals surface area contributed by atoms with Crippen LogP contribution in [0.15, 0.2) is 24.3 Å². The van der Waals surface area contributed by atoms with Gasteiger partial charge in [-0.1, -0.05) is 24.3 Å². The van der Waals surface area contributed by atoms with Gasteiger partial charge in [-0.3, -0.25) is 4.90 Å². The van der Waals surface area contributed by atoms with E-state index in [0.29, 0.717) is 18.5 Å². The van der Waals surface area contributed by atoms with E-state index >= 15 is 0 Å². The summed E-state index contributed by atoms with van der Waals surface area (Å²) in [5, 5.41) is 0. The second-order valence-electron chi connectivity index (χ2n) is 5.80. The van der Waals surface area contributed by atoms with Gasteiger partial charge in [-0.2, -0.15) is 0 Å². The molecule has 0 amide bonds. The van der Waals surface area contributed by atoms with Crippen LogP contribution in [0.4, 0.5) is 0 Å². The van der Waals surface area contributed by atoms with Crippen molar-refractivity contribution >= 4 is 10.0 Å². The SMILES string of the molecule is Cc1ccccc1[C@@H]1C[C@H](C)N(CCNS(C)(=O)=O)C1. The van der Waals surface area contributed by atoms with E-state index in [1.54, 1.807) is 0 Å². The lowest BCUT2D eigenvalue weighted by molar-refractivity contribution is 0.272. The highest BCUT2D eigenvalue weighted by atomic mass is 32.2. The number of rotatable bonds is 5. The normalized spacial score (nSPS) is 24.1. The molecule has 0 unspecified atom stereocenters. The molecule has 0 radical (unpaired) electrons. The van der Waals surface area contributed by atoms with Crippen LogP contribution in [-0.4, -0.2) is 45.2 Å². The Kier molecular flexibility index (Phi) is 4.83. The molecule has 1 aromatic carbocycles. The van der Waals surface area contributed by atoms with E-state index in [2.05, 4.69) is 47.7 Å². The Balaban J connectivity index is 1.94. The van der Waals surface area contributed by atoms with Crippen molar-refractivity contribution in [2.45, 2.75) is 32.2 Å². The molecule has 1 aliphatic heterocycles. The highest BCUT2D eigenvalue weighted by Gasteiger charge is 2.30. The molecule has 1 fully saturated rings. The van der Waals surface area contributed by atoms with E-state index < -0.39 is 10.0 Å². The molecule has 1 N–H and O–H groups in total. The third-order valence-electron chi connectivity index (χ3n) is 4.10. The third kappa shape index (κ3) is 4.04. The average molecular weight is 296 g/mol. The maximum atomic E-state index is 11.1. The number of nitrogens with zero attached hydrogens (tertiary/aromatic N) is 1. The number of sulfonamides is 1. The maximum Gasteiger partial charge on any atom is 0.208 e. The van der Waals surface area contributed by atoms with Gasteiger partial charge in [-0.25, -0.2) is 13.1 Å². The Morgan fingerprint density at radius 1 is 1.35 bits per heavy atom. The molecule has 1 aliphatic rings. The van der Waals surface area contributed by atoms with E-state index in [0.717, 1.165) is 19.5 Å². The Morgan fingerprint density at radius 3 is 2.70 bits per heavy atom. The molecule has 4 nitrogen and oxygen atoms in total. The molecular formula is C15H24N2O2S. The lowest BCUT2D eigenvalue weighted by atomic mass is 9.93. The number of nitrogens with one attached hydrogen (secondary N) is 1. The smallest absolute Gasteiger partial charge is 0.208 e. The second-order valence-corrected chi connectivity index (χ2v) is 7.63. The van der Waals surface area contributed by atoms with E-state index in [1.807, 2.05) is 0 Å². The number of hydrogen-bond donors (Lipinski definition) is 1. The molecule has 20 heavy (non-hydrogen) atoms. The first kappa shape index (κ1) is 15.5. The molecule has 1 aromatic rings. The molecule has 112 valence electrons. The fourth-order valence-corrected chi connectivity index (χ4v) is 3.52. The van der Waals surface area contributed by atoms with Gasteiger partial charge in [0.15, 0.2) is 0 Å². The minimum atomic E-state index is -3.08. The molecular weight excluding hydrogens is 272 g/mol. The van der Waals surface area contributed by atoms with Gasteiger partial charge in [0.05, 0.1) is 6.26 Å². The minimum Gasteiger partial charge on any atom is -0.299 e. The summed E-state index contributed by atoms with van der Waals surface area (Å²) in [6, 6.07) is 9.05. The van der Waals surface area contributed by atoms with E-state index in [9.17, 15) is 8.42 Å². The zero-order valence-corrected chi connectivity index (χ0v) is 13.3. The third-order valence-corrected chi connectivity index (χ3v) is 4.82. The van der Waals surface area contributed by atoms with Crippen LogP contribution in [0.25, 0.3) is 0 Å². The first-order chi connectivity index (χ1) is 9.37. The molecule has 5 heteroatoms. The Hall–Kier alpha value is -0.910. The molecule has 0 bridgehead atoms. The van der Waals surface area contributed by atoms with Crippen LogP contribution in [0.5, 0.6) is 0 Å². The lowest BCUT2D eigenvalue weighted by Gasteiger charge is -2.20. The van der Waals surface area contributed by atoms with Crippen molar-refractivity contribution in [3.8, 4) is 0 Å². The van der Waals surface area contributed by atoms with Gasteiger partial charge in [0.25, 0.3) is 0 Å². The number of likely N-dealkylation sites (tertiary alicyclic amines) is 1. The van der Waals surface area contributed by atoms with Gasteiger partial charge in [0, 0.05) is 25.7 Å². The minimum absolute atomic E-state index is 0.490. The molecule has 0 aliphatic carbocycles. The van der Waals surface area contributed by atoms with E-state index in [1.165, 1.54) is 17.4 Å². The van der Waals surface area contributed by atoms with Crippen molar-refractivity contribution < 1.29 is 8.42 Å². The number of hydrogen-bond acceptors (Lipinski definition) is 3.